The van der Waals surface area contributed by atoms with Crippen LogP contribution in [0.4, 0.5) is 24.8 Å². The molecule has 0 radical (unpaired) electrons. The molecule has 1 aromatic heterocycles. The number of hydrogen-bond acceptors (Lipinski definition) is 4. The fourth-order valence-corrected chi connectivity index (χ4v) is 1.49. The van der Waals surface area contributed by atoms with Crippen LogP contribution in [-0.4, -0.2) is 16.5 Å². The van der Waals surface area contributed by atoms with Crippen molar-refractivity contribution in [1.29, 1.82) is 0 Å². The molecule has 1 fully saturated rings. The third kappa shape index (κ3) is 3.47. The van der Waals surface area contributed by atoms with Gasteiger partial charge < -0.3 is 11.1 Å². The van der Waals surface area contributed by atoms with Crippen LogP contribution in [0.1, 0.15) is 25.1 Å². The SMILES string of the molecule is Nc1cc(NCCC2CC2)nc(C(F)(F)F)n1. The van der Waals surface area contributed by atoms with Gasteiger partial charge in [-0.2, -0.15) is 13.2 Å². The highest BCUT2D eigenvalue weighted by Gasteiger charge is 2.35. The molecule has 0 atom stereocenters. The zero-order valence-electron chi connectivity index (χ0n) is 9.09. The molecule has 3 N–H and O–H groups in total. The summed E-state index contributed by atoms with van der Waals surface area (Å²) in [6.45, 7) is 0.610. The molecule has 0 unspecified atom stereocenters. The second-order valence-electron chi connectivity index (χ2n) is 4.16. The molecule has 1 aromatic rings. The average molecular weight is 246 g/mol. The topological polar surface area (TPSA) is 63.8 Å². The van der Waals surface area contributed by atoms with Gasteiger partial charge in [0.05, 0.1) is 0 Å². The third-order valence-electron chi connectivity index (χ3n) is 2.56. The molecule has 1 saturated carbocycles. The van der Waals surface area contributed by atoms with Gasteiger partial charge in [-0.1, -0.05) is 12.8 Å². The summed E-state index contributed by atoms with van der Waals surface area (Å²) in [5.74, 6) is -0.540. The first-order valence-corrected chi connectivity index (χ1v) is 5.41. The fraction of sp³-hybridized carbons (Fsp3) is 0.600. The normalized spacial score (nSPS) is 15.9. The van der Waals surface area contributed by atoms with Crippen molar-refractivity contribution in [3.05, 3.63) is 11.9 Å². The van der Waals surface area contributed by atoms with Crippen LogP contribution in [0, 0.1) is 5.92 Å². The molecule has 1 aliphatic carbocycles. The van der Waals surface area contributed by atoms with Crippen LogP contribution < -0.4 is 11.1 Å². The highest BCUT2D eigenvalue weighted by molar-refractivity contribution is 5.44. The molecule has 0 amide bonds. The van der Waals surface area contributed by atoms with E-state index in [9.17, 15) is 13.2 Å². The Kier molecular flexibility index (Phi) is 3.08. The molecule has 1 heterocycles. The van der Waals surface area contributed by atoms with Crippen molar-refractivity contribution in [2.24, 2.45) is 5.92 Å². The van der Waals surface area contributed by atoms with Gasteiger partial charge in [0.2, 0.25) is 5.82 Å². The smallest absolute Gasteiger partial charge is 0.384 e. The number of nitrogens with zero attached hydrogens (tertiary/aromatic N) is 2. The molecular weight excluding hydrogens is 233 g/mol. The lowest BCUT2D eigenvalue weighted by molar-refractivity contribution is -0.144. The van der Waals surface area contributed by atoms with Gasteiger partial charge in [-0.05, 0) is 12.3 Å². The van der Waals surface area contributed by atoms with E-state index in [4.69, 9.17) is 5.73 Å². The second kappa shape index (κ2) is 4.38. The predicted octanol–water partition coefficient (Wildman–Crippen LogP) is 2.29. The molecule has 0 aromatic carbocycles. The fourth-order valence-electron chi connectivity index (χ4n) is 1.49. The molecule has 17 heavy (non-hydrogen) atoms. The van der Waals surface area contributed by atoms with E-state index in [0.29, 0.717) is 12.5 Å². The van der Waals surface area contributed by atoms with Crippen LogP contribution in [-0.2, 0) is 6.18 Å². The summed E-state index contributed by atoms with van der Waals surface area (Å²) in [6.07, 6.45) is -1.20. The summed E-state index contributed by atoms with van der Waals surface area (Å²) < 4.78 is 37.2. The zero-order chi connectivity index (χ0) is 12.5. The Labute approximate surface area is 96.4 Å². The molecule has 4 nitrogen and oxygen atoms in total. The monoisotopic (exact) mass is 246 g/mol. The minimum absolute atomic E-state index is 0.130. The zero-order valence-corrected chi connectivity index (χ0v) is 9.09. The largest absolute Gasteiger partial charge is 0.451 e. The standard InChI is InChI=1S/C10H13F3N4/c11-10(12,13)9-16-7(14)5-8(17-9)15-4-3-6-1-2-6/h5-6H,1-4H2,(H3,14,15,16,17). The molecule has 0 aliphatic heterocycles. The van der Waals surface area contributed by atoms with Gasteiger partial charge in [0.15, 0.2) is 0 Å². The van der Waals surface area contributed by atoms with Crippen molar-refractivity contribution < 1.29 is 13.2 Å². The Morgan fingerprint density at radius 1 is 1.35 bits per heavy atom. The number of hydrogen-bond donors (Lipinski definition) is 2. The summed E-state index contributed by atoms with van der Waals surface area (Å²) >= 11 is 0. The van der Waals surface area contributed by atoms with Crippen molar-refractivity contribution in [1.82, 2.24) is 9.97 Å². The molecule has 0 bridgehead atoms. The predicted molar refractivity (Wildman–Crippen MR) is 57.3 cm³/mol. The van der Waals surface area contributed by atoms with Crippen LogP contribution in [0.5, 0.6) is 0 Å². The van der Waals surface area contributed by atoms with Gasteiger partial charge in [-0.15, -0.1) is 0 Å². The van der Waals surface area contributed by atoms with Crippen molar-refractivity contribution in [3.8, 4) is 0 Å². The number of nitrogens with one attached hydrogen (secondary N) is 1. The number of nitrogens with two attached hydrogens (primary N) is 1. The van der Waals surface area contributed by atoms with Crippen molar-refractivity contribution in [2.75, 3.05) is 17.6 Å². The van der Waals surface area contributed by atoms with Crippen LogP contribution in [0.15, 0.2) is 6.07 Å². The lowest BCUT2D eigenvalue weighted by Gasteiger charge is -2.09. The Balaban J connectivity index is 2.02. The molecule has 1 aliphatic rings. The summed E-state index contributed by atoms with van der Waals surface area (Å²) in [4.78, 5) is 6.56. The number of anilines is 2. The van der Waals surface area contributed by atoms with Crippen LogP contribution in [0.25, 0.3) is 0 Å². The molecule has 0 spiro atoms. The summed E-state index contributed by atoms with van der Waals surface area (Å²) in [5, 5.41) is 2.84. The van der Waals surface area contributed by atoms with E-state index in [-0.39, 0.29) is 11.6 Å². The molecule has 0 saturated heterocycles. The highest BCUT2D eigenvalue weighted by Crippen LogP contribution is 2.32. The molecule has 94 valence electrons. The Morgan fingerprint density at radius 3 is 2.65 bits per heavy atom. The number of rotatable bonds is 4. The van der Waals surface area contributed by atoms with E-state index in [1.807, 2.05) is 0 Å². The maximum absolute atomic E-state index is 12.4. The van der Waals surface area contributed by atoms with E-state index in [1.165, 1.54) is 18.9 Å². The maximum Gasteiger partial charge on any atom is 0.451 e. The van der Waals surface area contributed by atoms with Crippen molar-refractivity contribution in [3.63, 3.8) is 0 Å². The quantitative estimate of drug-likeness (QED) is 0.855. The van der Waals surface area contributed by atoms with E-state index < -0.39 is 12.0 Å². The van der Waals surface area contributed by atoms with Gasteiger partial charge in [-0.25, -0.2) is 9.97 Å². The van der Waals surface area contributed by atoms with Crippen LogP contribution >= 0.6 is 0 Å². The number of halogens is 3. The summed E-state index contributed by atoms with van der Waals surface area (Å²) in [6, 6.07) is 1.31. The molecule has 7 heteroatoms. The van der Waals surface area contributed by atoms with Crippen LogP contribution in [0.2, 0.25) is 0 Å². The van der Waals surface area contributed by atoms with Gasteiger partial charge in [0, 0.05) is 12.6 Å². The van der Waals surface area contributed by atoms with Crippen molar-refractivity contribution >= 4 is 11.6 Å². The van der Waals surface area contributed by atoms with E-state index in [0.717, 1.165) is 6.42 Å². The Morgan fingerprint density at radius 2 is 2.06 bits per heavy atom. The molecule has 2 rings (SSSR count). The van der Waals surface area contributed by atoms with Gasteiger partial charge >= 0.3 is 6.18 Å². The maximum atomic E-state index is 12.4. The van der Waals surface area contributed by atoms with E-state index >= 15 is 0 Å². The van der Waals surface area contributed by atoms with Gasteiger partial charge in [0.25, 0.3) is 0 Å². The van der Waals surface area contributed by atoms with Gasteiger partial charge in [-0.3, -0.25) is 0 Å². The number of aromatic nitrogens is 2. The lowest BCUT2D eigenvalue weighted by atomic mass is 10.3. The van der Waals surface area contributed by atoms with Crippen molar-refractivity contribution in [2.45, 2.75) is 25.4 Å². The Bertz CT molecular complexity index is 401. The minimum Gasteiger partial charge on any atom is -0.384 e. The lowest BCUT2D eigenvalue weighted by Crippen LogP contribution is -2.15. The second-order valence-corrected chi connectivity index (χ2v) is 4.16. The van der Waals surface area contributed by atoms with Crippen LogP contribution in [0.3, 0.4) is 0 Å². The highest BCUT2D eigenvalue weighted by atomic mass is 19.4. The third-order valence-corrected chi connectivity index (χ3v) is 2.56. The van der Waals surface area contributed by atoms with E-state index in [2.05, 4.69) is 15.3 Å². The Hall–Kier alpha value is -1.53. The summed E-state index contributed by atoms with van der Waals surface area (Å²) in [7, 11) is 0. The number of alkyl halides is 3. The molecular formula is C10H13F3N4. The first kappa shape index (κ1) is 11.9. The number of nitrogen functional groups attached to an aromatic ring is 1. The van der Waals surface area contributed by atoms with Gasteiger partial charge in [0.1, 0.15) is 11.6 Å². The summed E-state index contributed by atoms with van der Waals surface area (Å²) in [5.41, 5.74) is 5.31. The minimum atomic E-state index is -4.57. The van der Waals surface area contributed by atoms with E-state index in [1.54, 1.807) is 0 Å². The first-order valence-electron chi connectivity index (χ1n) is 5.41. The average Bonchev–Trinajstić information content (AvgIpc) is 2.99. The first-order chi connectivity index (χ1) is 7.95.